The van der Waals surface area contributed by atoms with Crippen LogP contribution in [-0.2, 0) is 20.6 Å². The van der Waals surface area contributed by atoms with Crippen LogP contribution in [0.25, 0.3) is 32.8 Å². The van der Waals surface area contributed by atoms with E-state index in [-0.39, 0.29) is 83.0 Å². The second kappa shape index (κ2) is 16.8. The Bertz CT molecular complexity index is 2130. The summed E-state index contributed by atoms with van der Waals surface area (Å²) in [6.07, 6.45) is -1.87. The zero-order valence-corrected chi connectivity index (χ0v) is 32.4. The maximum Gasteiger partial charge on any atom is 0.422 e. The predicted octanol–water partition coefficient (Wildman–Crippen LogP) is 7.70. The van der Waals surface area contributed by atoms with E-state index in [0.29, 0.717) is 44.0 Å². The predicted molar refractivity (Wildman–Crippen MR) is 201 cm³/mol. The highest BCUT2D eigenvalue weighted by molar-refractivity contribution is 6.10. The number of hydrogen-bond acceptors (Lipinski definition) is 11. The van der Waals surface area contributed by atoms with Crippen molar-refractivity contribution in [1.29, 1.82) is 0 Å². The van der Waals surface area contributed by atoms with Gasteiger partial charge in [0.25, 0.3) is 0 Å². The number of esters is 1. The first-order chi connectivity index (χ1) is 27.0. The van der Waals surface area contributed by atoms with Crippen molar-refractivity contribution >= 4 is 39.6 Å². The van der Waals surface area contributed by atoms with Gasteiger partial charge in [-0.2, -0.15) is 23.1 Å². The highest BCUT2D eigenvalue weighted by Gasteiger charge is 2.45. The van der Waals surface area contributed by atoms with Crippen molar-refractivity contribution in [3.63, 3.8) is 0 Å². The molecule has 0 radical (unpaired) electrons. The first-order valence-corrected chi connectivity index (χ1v) is 18.7. The van der Waals surface area contributed by atoms with Gasteiger partial charge in [0.15, 0.2) is 19.2 Å². The Kier molecular flexibility index (Phi) is 12.3. The number of halogens is 5. The molecule has 1 aromatic heterocycles. The number of rotatable bonds is 13. The summed E-state index contributed by atoms with van der Waals surface area (Å²) in [5.41, 5.74) is 4.15. The molecule has 2 saturated heterocycles. The fraction of sp³-hybridized carbons (Fsp3) is 0.500. The molecular weight excluding hydrogens is 757 g/mol. The topological polar surface area (TPSA) is 139 Å². The Balaban J connectivity index is 1.59. The summed E-state index contributed by atoms with van der Waals surface area (Å²) < 4.78 is 101. The lowest BCUT2D eigenvalue weighted by molar-refractivity contribution is -0.154. The Hall–Kier alpha value is -5.03. The first-order valence-electron chi connectivity index (χ1n) is 18.7. The first kappa shape index (κ1) is 41.6. The molecule has 2 aliphatic rings. The molecule has 2 aliphatic heterocycles. The van der Waals surface area contributed by atoms with Crippen LogP contribution in [0.1, 0.15) is 68.8 Å². The lowest BCUT2D eigenvalue weighted by Crippen LogP contribution is -2.57. The van der Waals surface area contributed by atoms with Gasteiger partial charge in [0.2, 0.25) is 0 Å². The Morgan fingerprint density at radius 1 is 0.947 bits per heavy atom. The summed E-state index contributed by atoms with van der Waals surface area (Å²) in [7, 11) is 2.53. The molecular formula is C40H46F5N5O7. The lowest BCUT2D eigenvalue weighted by Gasteiger charge is -2.42. The smallest absolute Gasteiger partial charge is 0.422 e. The van der Waals surface area contributed by atoms with Crippen LogP contribution in [0.2, 0.25) is 0 Å². The molecule has 2 fully saturated rings. The molecule has 0 spiro atoms. The van der Waals surface area contributed by atoms with Gasteiger partial charge < -0.3 is 34.3 Å². The maximum absolute atomic E-state index is 17.7. The number of unbranched alkanes of at least 4 members (excludes halogenated alkanes) is 2. The highest BCUT2D eigenvalue weighted by atomic mass is 19.4. The number of amides is 1. The number of benzene rings is 3. The number of carbonyl (C=O) groups is 2. The van der Waals surface area contributed by atoms with Gasteiger partial charge in [-0.15, -0.1) is 0 Å². The molecule has 3 aromatic carbocycles. The Morgan fingerprint density at radius 3 is 2.30 bits per heavy atom. The second-order valence-electron chi connectivity index (χ2n) is 15.2. The van der Waals surface area contributed by atoms with Crippen LogP contribution >= 0.6 is 0 Å². The summed E-state index contributed by atoms with van der Waals surface area (Å²) >= 11 is 0. The fourth-order valence-corrected chi connectivity index (χ4v) is 7.63. The number of piperazine rings is 1. The van der Waals surface area contributed by atoms with E-state index < -0.39 is 53.6 Å². The summed E-state index contributed by atoms with van der Waals surface area (Å²) in [5.74, 6) is -2.45. The number of aryl methyl sites for hydroxylation is 1. The van der Waals surface area contributed by atoms with E-state index in [1.165, 1.54) is 31.4 Å². The van der Waals surface area contributed by atoms with Gasteiger partial charge in [0.1, 0.15) is 28.5 Å². The summed E-state index contributed by atoms with van der Waals surface area (Å²) in [4.78, 5) is 38.8. The standard InChI is InChI=1S/C40H46F5N5O7/c1-39(2,3)57-38(52)50-23-11-12-24(50)19-49(18-23)35-29-17-28(36(51)54-5)32(33(42)34(29)47-37(48-35)55-20-40(43,44)45)27-16-25(56-21-53-4)15-22-10-13-30(41)26(31(22)27)9-7-6-8-14-46/h10,13,15-17,23-24H,6-9,11-12,14,18-21,46H2,1-5H3/t23-,24+. The van der Waals surface area contributed by atoms with Crippen LogP contribution < -0.4 is 20.1 Å². The van der Waals surface area contributed by atoms with E-state index in [1.807, 2.05) is 0 Å². The zero-order chi connectivity index (χ0) is 41.2. The average Bonchev–Trinajstić information content (AvgIpc) is 3.43. The van der Waals surface area contributed by atoms with Gasteiger partial charge >= 0.3 is 24.2 Å². The average molecular weight is 804 g/mol. The molecule has 3 heterocycles. The molecule has 4 aromatic rings. The van der Waals surface area contributed by atoms with Crippen molar-refractivity contribution in [2.75, 3.05) is 52.2 Å². The molecule has 308 valence electrons. The van der Waals surface area contributed by atoms with Crippen LogP contribution in [0.5, 0.6) is 11.8 Å². The zero-order valence-electron chi connectivity index (χ0n) is 32.4. The molecule has 2 atom stereocenters. The van der Waals surface area contributed by atoms with E-state index in [0.717, 1.165) is 7.11 Å². The second-order valence-corrected chi connectivity index (χ2v) is 15.2. The SMILES string of the molecule is COCOc1cc(-c2c(C(=O)OC)cc3c(N4C[C@H]5CC[C@@H](C4)N5C(=O)OC(C)(C)C)nc(OCC(F)(F)F)nc3c2F)c2c(CCCCCN)c(F)ccc2c1. The van der Waals surface area contributed by atoms with Crippen LogP contribution in [0.3, 0.4) is 0 Å². The number of carbonyl (C=O) groups excluding carboxylic acids is 2. The van der Waals surface area contributed by atoms with Gasteiger partial charge in [0.05, 0.1) is 24.8 Å². The summed E-state index contributed by atoms with van der Waals surface area (Å²) in [6, 6.07) is 5.69. The molecule has 17 heteroatoms. The van der Waals surface area contributed by atoms with Gasteiger partial charge in [-0.05, 0) is 106 Å². The van der Waals surface area contributed by atoms with Crippen molar-refractivity contribution in [1.82, 2.24) is 14.9 Å². The van der Waals surface area contributed by atoms with Gasteiger partial charge in [-0.1, -0.05) is 12.5 Å². The van der Waals surface area contributed by atoms with Crippen LogP contribution in [0.15, 0.2) is 30.3 Å². The maximum atomic E-state index is 17.7. The van der Waals surface area contributed by atoms with E-state index in [2.05, 4.69) is 9.97 Å². The third kappa shape index (κ3) is 9.09. The molecule has 1 amide bonds. The summed E-state index contributed by atoms with van der Waals surface area (Å²) in [5, 5.41) is 0.721. The lowest BCUT2D eigenvalue weighted by atomic mass is 9.88. The molecule has 2 N–H and O–H groups in total. The monoisotopic (exact) mass is 803 g/mol. The van der Waals surface area contributed by atoms with Crippen molar-refractivity contribution in [3.8, 4) is 22.9 Å². The molecule has 0 saturated carbocycles. The number of hydrogen-bond donors (Lipinski definition) is 1. The highest BCUT2D eigenvalue weighted by Crippen LogP contribution is 2.44. The normalized spacial score (nSPS) is 17.0. The number of methoxy groups -OCH3 is 2. The Labute approximate surface area is 326 Å². The number of anilines is 1. The van der Waals surface area contributed by atoms with E-state index in [9.17, 15) is 22.8 Å². The van der Waals surface area contributed by atoms with E-state index >= 15 is 8.78 Å². The minimum Gasteiger partial charge on any atom is -0.468 e. The van der Waals surface area contributed by atoms with Gasteiger partial charge in [-0.3, -0.25) is 4.90 Å². The van der Waals surface area contributed by atoms with E-state index in [1.54, 1.807) is 36.6 Å². The minimum atomic E-state index is -4.78. The number of fused-ring (bicyclic) bond motifs is 4. The van der Waals surface area contributed by atoms with Crippen LogP contribution in [-0.4, -0.2) is 98.0 Å². The summed E-state index contributed by atoms with van der Waals surface area (Å²) in [6.45, 7) is 4.09. The van der Waals surface area contributed by atoms with Crippen LogP contribution in [0, 0.1) is 11.6 Å². The number of aromatic nitrogens is 2. The third-order valence-electron chi connectivity index (χ3n) is 9.93. The molecule has 0 unspecified atom stereocenters. The molecule has 2 bridgehead atoms. The van der Waals surface area contributed by atoms with Crippen molar-refractivity contribution in [2.24, 2.45) is 5.73 Å². The minimum absolute atomic E-state index is 0.0119. The van der Waals surface area contributed by atoms with Crippen LogP contribution in [0.4, 0.5) is 32.6 Å². The quantitative estimate of drug-likeness (QED) is 0.0616. The number of nitrogens with zero attached hydrogens (tertiary/aromatic N) is 4. The van der Waals surface area contributed by atoms with Gasteiger partial charge in [-0.25, -0.2) is 18.4 Å². The number of ether oxygens (including phenoxy) is 5. The van der Waals surface area contributed by atoms with Crippen molar-refractivity contribution < 1.29 is 55.2 Å². The van der Waals surface area contributed by atoms with Crippen molar-refractivity contribution in [3.05, 3.63) is 53.1 Å². The van der Waals surface area contributed by atoms with Gasteiger partial charge in [0, 0.05) is 31.1 Å². The molecule has 6 rings (SSSR count). The molecule has 0 aliphatic carbocycles. The van der Waals surface area contributed by atoms with E-state index in [4.69, 9.17) is 29.4 Å². The third-order valence-corrected chi connectivity index (χ3v) is 9.93. The number of alkyl halides is 3. The molecule has 57 heavy (non-hydrogen) atoms. The Morgan fingerprint density at radius 2 is 1.67 bits per heavy atom. The molecule has 12 nitrogen and oxygen atoms in total. The largest absolute Gasteiger partial charge is 0.468 e. The fourth-order valence-electron chi connectivity index (χ4n) is 7.63. The number of nitrogens with two attached hydrogens (primary N) is 1. The van der Waals surface area contributed by atoms with Crippen molar-refractivity contribution in [2.45, 2.75) is 83.2 Å².